The van der Waals surface area contributed by atoms with Gasteiger partial charge in [-0.25, -0.2) is 0 Å². The average molecular weight is 297 g/mol. The normalized spacial score (nSPS) is 12.8. The second kappa shape index (κ2) is 6.52. The summed E-state index contributed by atoms with van der Waals surface area (Å²) in [4.78, 5) is 14.5. The molecule has 1 aliphatic rings. The van der Waals surface area contributed by atoms with E-state index in [-0.39, 0.29) is 5.91 Å². The van der Waals surface area contributed by atoms with Crippen molar-refractivity contribution >= 4 is 5.91 Å². The summed E-state index contributed by atoms with van der Waals surface area (Å²) in [6.45, 7) is 4.31. The molecule has 1 heterocycles. The third kappa shape index (κ3) is 3.06. The van der Waals surface area contributed by atoms with Gasteiger partial charge in [-0.3, -0.25) is 4.79 Å². The van der Waals surface area contributed by atoms with Gasteiger partial charge in [0.25, 0.3) is 5.91 Å². The summed E-state index contributed by atoms with van der Waals surface area (Å²) in [6, 6.07) is 15.4. The van der Waals surface area contributed by atoms with Crippen LogP contribution >= 0.6 is 0 Å². The maximum Gasteiger partial charge on any atom is 0.254 e. The van der Waals surface area contributed by atoms with E-state index in [9.17, 15) is 4.79 Å². The summed E-state index contributed by atoms with van der Waals surface area (Å²) < 4.78 is 11.0. The zero-order valence-corrected chi connectivity index (χ0v) is 12.6. The minimum Gasteiger partial charge on any atom is -0.486 e. The van der Waals surface area contributed by atoms with Crippen LogP contribution in [0, 0.1) is 0 Å². The predicted molar refractivity (Wildman–Crippen MR) is 84.3 cm³/mol. The highest BCUT2D eigenvalue weighted by molar-refractivity contribution is 5.95. The van der Waals surface area contributed by atoms with Crippen molar-refractivity contribution in [2.75, 3.05) is 19.8 Å². The van der Waals surface area contributed by atoms with Crippen LogP contribution in [0.2, 0.25) is 0 Å². The number of fused-ring (bicyclic) bond motifs is 1. The van der Waals surface area contributed by atoms with E-state index in [1.807, 2.05) is 42.2 Å². The summed E-state index contributed by atoms with van der Waals surface area (Å²) in [6.07, 6.45) is 0. The standard InChI is InChI=1S/C18H19NO3/c1-2-19(13-14-6-4-3-5-7-14)18(20)15-8-9-16-17(12-15)22-11-10-21-16/h3-9,12H,2,10-11,13H2,1H3. The number of hydrogen-bond donors (Lipinski definition) is 0. The molecule has 0 radical (unpaired) electrons. The molecule has 0 atom stereocenters. The molecule has 0 aromatic heterocycles. The fourth-order valence-corrected chi connectivity index (χ4v) is 2.49. The van der Waals surface area contributed by atoms with Crippen LogP contribution in [0.15, 0.2) is 48.5 Å². The van der Waals surface area contributed by atoms with Gasteiger partial charge in [0.05, 0.1) is 0 Å². The molecule has 22 heavy (non-hydrogen) atoms. The molecule has 2 aromatic rings. The second-order valence-electron chi connectivity index (χ2n) is 5.16. The van der Waals surface area contributed by atoms with E-state index in [1.165, 1.54) is 0 Å². The predicted octanol–water partition coefficient (Wildman–Crippen LogP) is 3.12. The van der Waals surface area contributed by atoms with E-state index in [4.69, 9.17) is 9.47 Å². The van der Waals surface area contributed by atoms with Crippen LogP contribution < -0.4 is 9.47 Å². The Morgan fingerprint density at radius 1 is 1.05 bits per heavy atom. The fraction of sp³-hybridized carbons (Fsp3) is 0.278. The molecule has 0 saturated carbocycles. The Bertz CT molecular complexity index is 655. The summed E-state index contributed by atoms with van der Waals surface area (Å²) in [7, 11) is 0. The zero-order chi connectivity index (χ0) is 15.4. The largest absolute Gasteiger partial charge is 0.486 e. The Kier molecular flexibility index (Phi) is 4.28. The zero-order valence-electron chi connectivity index (χ0n) is 12.6. The Labute approximate surface area is 130 Å². The van der Waals surface area contributed by atoms with Gasteiger partial charge in [-0.15, -0.1) is 0 Å². The highest BCUT2D eigenvalue weighted by Gasteiger charge is 2.18. The number of nitrogens with zero attached hydrogens (tertiary/aromatic N) is 1. The first-order chi connectivity index (χ1) is 10.8. The van der Waals surface area contributed by atoms with Crippen molar-refractivity contribution in [2.45, 2.75) is 13.5 Å². The number of carbonyl (C=O) groups excluding carboxylic acids is 1. The van der Waals surface area contributed by atoms with Crippen molar-refractivity contribution in [3.8, 4) is 11.5 Å². The van der Waals surface area contributed by atoms with Crippen LogP contribution in [0.4, 0.5) is 0 Å². The molecule has 0 saturated heterocycles. The van der Waals surface area contributed by atoms with Gasteiger partial charge in [0, 0.05) is 18.7 Å². The molecule has 1 amide bonds. The first kappa shape index (κ1) is 14.4. The van der Waals surface area contributed by atoms with E-state index < -0.39 is 0 Å². The molecule has 1 aliphatic heterocycles. The molecule has 0 aliphatic carbocycles. The Balaban J connectivity index is 1.79. The Morgan fingerprint density at radius 2 is 1.77 bits per heavy atom. The fourth-order valence-electron chi connectivity index (χ4n) is 2.49. The lowest BCUT2D eigenvalue weighted by molar-refractivity contribution is 0.0751. The van der Waals surface area contributed by atoms with Crippen LogP contribution in [0.5, 0.6) is 11.5 Å². The van der Waals surface area contributed by atoms with E-state index in [0.29, 0.717) is 43.4 Å². The highest BCUT2D eigenvalue weighted by atomic mass is 16.6. The van der Waals surface area contributed by atoms with Gasteiger partial charge < -0.3 is 14.4 Å². The summed E-state index contributed by atoms with van der Waals surface area (Å²) in [5.41, 5.74) is 1.75. The lowest BCUT2D eigenvalue weighted by Crippen LogP contribution is -2.30. The van der Waals surface area contributed by atoms with Crippen LogP contribution in [0.25, 0.3) is 0 Å². The van der Waals surface area contributed by atoms with Gasteiger partial charge >= 0.3 is 0 Å². The topological polar surface area (TPSA) is 38.8 Å². The van der Waals surface area contributed by atoms with Crippen molar-refractivity contribution in [2.24, 2.45) is 0 Å². The molecule has 114 valence electrons. The molecule has 2 aromatic carbocycles. The van der Waals surface area contributed by atoms with Crippen LogP contribution in [0.3, 0.4) is 0 Å². The van der Waals surface area contributed by atoms with Gasteiger partial charge in [-0.05, 0) is 30.7 Å². The minimum absolute atomic E-state index is 0.00308. The lowest BCUT2D eigenvalue weighted by atomic mass is 10.1. The minimum atomic E-state index is 0.00308. The van der Waals surface area contributed by atoms with Crippen molar-refractivity contribution in [1.82, 2.24) is 4.90 Å². The molecular formula is C18H19NO3. The number of ether oxygens (including phenoxy) is 2. The number of carbonyl (C=O) groups is 1. The highest BCUT2D eigenvalue weighted by Crippen LogP contribution is 2.31. The average Bonchev–Trinajstić information content (AvgIpc) is 2.59. The van der Waals surface area contributed by atoms with E-state index >= 15 is 0 Å². The molecule has 4 heteroatoms. The molecule has 0 N–H and O–H groups in total. The van der Waals surface area contributed by atoms with Crippen LogP contribution in [-0.2, 0) is 6.54 Å². The molecular weight excluding hydrogens is 278 g/mol. The molecule has 0 bridgehead atoms. The molecule has 0 spiro atoms. The number of benzene rings is 2. The van der Waals surface area contributed by atoms with Gasteiger partial charge in [-0.1, -0.05) is 30.3 Å². The SMILES string of the molecule is CCN(Cc1ccccc1)C(=O)c1ccc2c(c1)OCCO2. The van der Waals surface area contributed by atoms with E-state index in [2.05, 4.69) is 0 Å². The summed E-state index contributed by atoms with van der Waals surface area (Å²) in [5.74, 6) is 1.35. The van der Waals surface area contributed by atoms with Crippen molar-refractivity contribution < 1.29 is 14.3 Å². The number of hydrogen-bond acceptors (Lipinski definition) is 3. The maximum atomic E-state index is 12.7. The Morgan fingerprint density at radius 3 is 2.50 bits per heavy atom. The van der Waals surface area contributed by atoms with Crippen LogP contribution in [-0.4, -0.2) is 30.6 Å². The molecule has 0 unspecified atom stereocenters. The third-order valence-electron chi connectivity index (χ3n) is 3.67. The third-order valence-corrected chi connectivity index (χ3v) is 3.67. The first-order valence-electron chi connectivity index (χ1n) is 7.51. The number of amides is 1. The van der Waals surface area contributed by atoms with Crippen molar-refractivity contribution in [3.63, 3.8) is 0 Å². The van der Waals surface area contributed by atoms with E-state index in [1.54, 1.807) is 18.2 Å². The summed E-state index contributed by atoms with van der Waals surface area (Å²) in [5, 5.41) is 0. The monoisotopic (exact) mass is 297 g/mol. The molecule has 3 rings (SSSR count). The van der Waals surface area contributed by atoms with Crippen LogP contribution in [0.1, 0.15) is 22.8 Å². The van der Waals surface area contributed by atoms with Gasteiger partial charge in [0.15, 0.2) is 11.5 Å². The lowest BCUT2D eigenvalue weighted by Gasteiger charge is -2.23. The van der Waals surface area contributed by atoms with Crippen molar-refractivity contribution in [3.05, 3.63) is 59.7 Å². The molecule has 4 nitrogen and oxygen atoms in total. The molecule has 0 fully saturated rings. The second-order valence-corrected chi connectivity index (χ2v) is 5.16. The maximum absolute atomic E-state index is 12.7. The quantitative estimate of drug-likeness (QED) is 0.870. The Hall–Kier alpha value is -2.49. The first-order valence-corrected chi connectivity index (χ1v) is 7.51. The van der Waals surface area contributed by atoms with Gasteiger partial charge in [0.1, 0.15) is 13.2 Å². The van der Waals surface area contributed by atoms with Gasteiger partial charge in [0.2, 0.25) is 0 Å². The summed E-state index contributed by atoms with van der Waals surface area (Å²) >= 11 is 0. The van der Waals surface area contributed by atoms with Gasteiger partial charge in [-0.2, -0.15) is 0 Å². The van der Waals surface area contributed by atoms with Crippen molar-refractivity contribution in [1.29, 1.82) is 0 Å². The number of rotatable bonds is 4. The smallest absolute Gasteiger partial charge is 0.254 e. The van der Waals surface area contributed by atoms with E-state index in [0.717, 1.165) is 5.56 Å².